The first-order chi connectivity index (χ1) is 9.63. The number of nitrogens with zero attached hydrogens (tertiary/aromatic N) is 1. The van der Waals surface area contributed by atoms with E-state index in [0.29, 0.717) is 11.8 Å². The van der Waals surface area contributed by atoms with Crippen molar-refractivity contribution >= 4 is 22.8 Å². The molecule has 20 heavy (non-hydrogen) atoms. The van der Waals surface area contributed by atoms with Crippen molar-refractivity contribution in [2.75, 3.05) is 0 Å². The molecule has 1 aromatic heterocycles. The highest BCUT2D eigenvalue weighted by atomic mass is 16.4. The van der Waals surface area contributed by atoms with E-state index in [-0.39, 0.29) is 5.69 Å². The van der Waals surface area contributed by atoms with Crippen LogP contribution in [0, 0.1) is 0 Å². The van der Waals surface area contributed by atoms with Crippen molar-refractivity contribution in [1.29, 1.82) is 0 Å². The Bertz CT molecular complexity index is 621. The van der Waals surface area contributed by atoms with E-state index in [9.17, 15) is 9.59 Å². The summed E-state index contributed by atoms with van der Waals surface area (Å²) in [5.41, 5.74) is 0.974. The molecule has 0 fully saturated rings. The molecule has 6 heteroatoms. The fourth-order valence-corrected chi connectivity index (χ4v) is 2.03. The Labute approximate surface area is 116 Å². The molecular formula is C14H17N3O3. The monoisotopic (exact) mass is 275 g/mol. The summed E-state index contributed by atoms with van der Waals surface area (Å²) in [4.78, 5) is 23.3. The molecule has 106 valence electrons. The van der Waals surface area contributed by atoms with Crippen LogP contribution in [0.15, 0.2) is 24.3 Å². The van der Waals surface area contributed by atoms with Gasteiger partial charge in [0.1, 0.15) is 6.04 Å². The second-order valence-corrected chi connectivity index (χ2v) is 4.62. The lowest BCUT2D eigenvalue weighted by Gasteiger charge is -2.13. The molecule has 2 rings (SSSR count). The molecule has 1 aromatic carbocycles. The zero-order valence-electron chi connectivity index (χ0n) is 11.2. The van der Waals surface area contributed by atoms with E-state index in [1.165, 1.54) is 0 Å². The zero-order chi connectivity index (χ0) is 14.5. The van der Waals surface area contributed by atoms with Gasteiger partial charge in [0, 0.05) is 5.39 Å². The molecular weight excluding hydrogens is 258 g/mol. The van der Waals surface area contributed by atoms with Crippen molar-refractivity contribution < 1.29 is 14.7 Å². The maximum Gasteiger partial charge on any atom is 0.326 e. The van der Waals surface area contributed by atoms with Crippen LogP contribution >= 0.6 is 0 Å². The number of carboxylic acid groups (broad SMARTS) is 1. The molecule has 0 aliphatic heterocycles. The maximum atomic E-state index is 12.1. The smallest absolute Gasteiger partial charge is 0.326 e. The fraction of sp³-hybridized carbons (Fsp3) is 0.357. The molecule has 1 amide bonds. The number of fused-ring (bicyclic) bond motifs is 1. The number of carboxylic acids is 1. The van der Waals surface area contributed by atoms with Gasteiger partial charge in [0.05, 0.1) is 5.52 Å². The van der Waals surface area contributed by atoms with E-state index in [1.54, 1.807) is 12.1 Å². The maximum absolute atomic E-state index is 12.1. The molecule has 0 radical (unpaired) electrons. The Kier molecular flexibility index (Phi) is 4.34. The van der Waals surface area contributed by atoms with Gasteiger partial charge >= 0.3 is 5.97 Å². The number of aromatic amines is 1. The minimum atomic E-state index is -1.02. The number of nitrogens with one attached hydrogen (secondary N) is 2. The number of benzene rings is 1. The lowest BCUT2D eigenvalue weighted by molar-refractivity contribution is -0.139. The van der Waals surface area contributed by atoms with Gasteiger partial charge in [0.2, 0.25) is 0 Å². The van der Waals surface area contributed by atoms with E-state index >= 15 is 0 Å². The molecule has 2 aromatic rings. The van der Waals surface area contributed by atoms with Crippen LogP contribution in [-0.4, -0.2) is 33.2 Å². The third kappa shape index (κ3) is 2.96. The number of hydrogen-bond acceptors (Lipinski definition) is 3. The standard InChI is InChI=1S/C14H17N3O3/c1-2-3-7-11(14(19)20)15-13(18)12-9-6-4-5-8-10(9)16-17-12/h4-6,8,11H,2-3,7H2,1H3,(H,15,18)(H,16,17)(H,19,20)/t11-/m0/s1. The largest absolute Gasteiger partial charge is 0.480 e. The summed E-state index contributed by atoms with van der Waals surface area (Å²) in [6.45, 7) is 1.97. The van der Waals surface area contributed by atoms with E-state index in [2.05, 4.69) is 15.5 Å². The normalized spacial score (nSPS) is 12.2. The Hall–Kier alpha value is -2.37. The number of amides is 1. The first-order valence-corrected chi connectivity index (χ1v) is 6.60. The number of hydrogen-bond donors (Lipinski definition) is 3. The van der Waals surface area contributed by atoms with Gasteiger partial charge in [0.15, 0.2) is 5.69 Å². The predicted molar refractivity (Wildman–Crippen MR) is 74.5 cm³/mol. The van der Waals surface area contributed by atoms with Crippen LogP contribution in [0.2, 0.25) is 0 Å². The molecule has 0 unspecified atom stereocenters. The van der Waals surface area contributed by atoms with Gasteiger partial charge in [-0.05, 0) is 12.5 Å². The number of aromatic nitrogens is 2. The summed E-state index contributed by atoms with van der Waals surface area (Å²) in [7, 11) is 0. The third-order valence-electron chi connectivity index (χ3n) is 3.14. The van der Waals surface area contributed by atoms with Gasteiger partial charge in [-0.25, -0.2) is 4.79 Å². The Morgan fingerprint density at radius 1 is 1.40 bits per heavy atom. The van der Waals surface area contributed by atoms with Gasteiger partial charge in [-0.3, -0.25) is 9.89 Å². The molecule has 6 nitrogen and oxygen atoms in total. The van der Waals surface area contributed by atoms with Crippen molar-refractivity contribution in [2.24, 2.45) is 0 Å². The molecule has 3 N–H and O–H groups in total. The second kappa shape index (κ2) is 6.18. The Morgan fingerprint density at radius 3 is 2.85 bits per heavy atom. The summed E-state index contributed by atoms with van der Waals surface area (Å²) in [6.07, 6.45) is 2.05. The number of para-hydroxylation sites is 1. The number of aliphatic carboxylic acids is 1. The minimum absolute atomic E-state index is 0.225. The van der Waals surface area contributed by atoms with Crippen LogP contribution in [0.4, 0.5) is 0 Å². The molecule has 0 saturated heterocycles. The van der Waals surface area contributed by atoms with E-state index in [0.717, 1.165) is 18.4 Å². The average molecular weight is 275 g/mol. The van der Waals surface area contributed by atoms with Crippen molar-refractivity contribution in [3.05, 3.63) is 30.0 Å². The SMILES string of the molecule is CCCC[C@H](NC(=O)c1n[nH]c2ccccc12)C(=O)O. The van der Waals surface area contributed by atoms with E-state index < -0.39 is 17.9 Å². The van der Waals surface area contributed by atoms with Crippen molar-refractivity contribution in [3.63, 3.8) is 0 Å². The van der Waals surface area contributed by atoms with Gasteiger partial charge < -0.3 is 10.4 Å². The Balaban J connectivity index is 2.16. The average Bonchev–Trinajstić information content (AvgIpc) is 2.87. The van der Waals surface area contributed by atoms with Crippen LogP contribution in [0.1, 0.15) is 36.7 Å². The number of unbranched alkanes of at least 4 members (excludes halogenated alkanes) is 1. The summed E-state index contributed by atoms with van der Waals surface area (Å²) in [5, 5.41) is 19.0. The van der Waals surface area contributed by atoms with Crippen LogP contribution in [-0.2, 0) is 4.79 Å². The van der Waals surface area contributed by atoms with Crippen LogP contribution in [0.5, 0.6) is 0 Å². The summed E-state index contributed by atoms with van der Waals surface area (Å²) in [5.74, 6) is -1.49. The van der Waals surface area contributed by atoms with Crippen LogP contribution in [0.25, 0.3) is 10.9 Å². The molecule has 0 aliphatic rings. The highest BCUT2D eigenvalue weighted by molar-refractivity contribution is 6.05. The minimum Gasteiger partial charge on any atom is -0.480 e. The molecule has 0 saturated carbocycles. The number of rotatable bonds is 6. The van der Waals surface area contributed by atoms with Gasteiger partial charge in [-0.15, -0.1) is 0 Å². The molecule has 0 bridgehead atoms. The fourth-order valence-electron chi connectivity index (χ4n) is 2.03. The quantitative estimate of drug-likeness (QED) is 0.750. The van der Waals surface area contributed by atoms with Gasteiger partial charge in [0.25, 0.3) is 5.91 Å². The second-order valence-electron chi connectivity index (χ2n) is 4.62. The molecule has 1 atom stereocenters. The number of carbonyl (C=O) groups excluding carboxylic acids is 1. The topological polar surface area (TPSA) is 95.1 Å². The first-order valence-electron chi connectivity index (χ1n) is 6.60. The highest BCUT2D eigenvalue weighted by Crippen LogP contribution is 2.15. The lowest BCUT2D eigenvalue weighted by Crippen LogP contribution is -2.40. The first kappa shape index (κ1) is 14.0. The van der Waals surface area contributed by atoms with Gasteiger partial charge in [-0.1, -0.05) is 38.0 Å². The number of H-pyrrole nitrogens is 1. The van der Waals surface area contributed by atoms with E-state index in [1.807, 2.05) is 19.1 Å². The van der Waals surface area contributed by atoms with Crippen LogP contribution in [0.3, 0.4) is 0 Å². The lowest BCUT2D eigenvalue weighted by atomic mass is 10.1. The van der Waals surface area contributed by atoms with Crippen LogP contribution < -0.4 is 5.32 Å². The zero-order valence-corrected chi connectivity index (χ0v) is 11.2. The summed E-state index contributed by atoms with van der Waals surface area (Å²) in [6, 6.07) is 6.35. The van der Waals surface area contributed by atoms with Crippen molar-refractivity contribution in [2.45, 2.75) is 32.2 Å². The third-order valence-corrected chi connectivity index (χ3v) is 3.14. The highest BCUT2D eigenvalue weighted by Gasteiger charge is 2.22. The van der Waals surface area contributed by atoms with E-state index in [4.69, 9.17) is 5.11 Å². The summed E-state index contributed by atoms with van der Waals surface area (Å²) >= 11 is 0. The molecule has 1 heterocycles. The van der Waals surface area contributed by atoms with Gasteiger partial charge in [-0.2, -0.15) is 5.10 Å². The number of carbonyl (C=O) groups is 2. The molecule has 0 aliphatic carbocycles. The Morgan fingerprint density at radius 2 is 2.15 bits per heavy atom. The van der Waals surface area contributed by atoms with Crippen molar-refractivity contribution in [3.8, 4) is 0 Å². The predicted octanol–water partition coefficient (Wildman–Crippen LogP) is 1.94. The summed E-state index contributed by atoms with van der Waals surface area (Å²) < 4.78 is 0. The van der Waals surface area contributed by atoms with Crippen molar-refractivity contribution in [1.82, 2.24) is 15.5 Å². The molecule has 0 spiro atoms.